The van der Waals surface area contributed by atoms with E-state index in [1.54, 1.807) is 0 Å². The van der Waals surface area contributed by atoms with E-state index in [1.807, 2.05) is 5.32 Å². The van der Waals surface area contributed by atoms with E-state index < -0.39 is 34.6 Å². The standard InChI is InChI=1S/C11H10BrF2NO3/c1-11(2,10(17)18)9(16)15-8-4-6(13)5(12)3-7(8)14/h3-4H,1-2H3,(H,15,16)(H,17,18). The summed E-state index contributed by atoms with van der Waals surface area (Å²) < 4.78 is 26.5. The molecule has 1 aromatic rings. The maximum absolute atomic E-state index is 13.4. The van der Waals surface area contributed by atoms with Crippen LogP contribution in [0.1, 0.15) is 13.8 Å². The predicted octanol–water partition coefficient (Wildman–Crippen LogP) is 2.78. The molecule has 1 rings (SSSR count). The number of carboxylic acid groups (broad SMARTS) is 1. The Hall–Kier alpha value is -1.50. The number of aliphatic carboxylic acids is 1. The molecule has 0 saturated carbocycles. The van der Waals surface area contributed by atoms with E-state index in [4.69, 9.17) is 5.11 Å². The minimum absolute atomic E-state index is 0.0875. The molecule has 0 unspecified atom stereocenters. The molecule has 0 aromatic heterocycles. The van der Waals surface area contributed by atoms with Crippen LogP contribution in [-0.2, 0) is 9.59 Å². The Balaban J connectivity index is 3.03. The maximum Gasteiger partial charge on any atom is 0.318 e. The van der Waals surface area contributed by atoms with Crippen LogP contribution < -0.4 is 5.32 Å². The van der Waals surface area contributed by atoms with Crippen LogP contribution in [0.25, 0.3) is 0 Å². The van der Waals surface area contributed by atoms with Gasteiger partial charge in [0.05, 0.1) is 10.2 Å². The number of nitrogens with one attached hydrogen (secondary N) is 1. The first-order valence-electron chi connectivity index (χ1n) is 4.85. The van der Waals surface area contributed by atoms with Gasteiger partial charge in [-0.3, -0.25) is 9.59 Å². The third-order valence-electron chi connectivity index (χ3n) is 2.36. The van der Waals surface area contributed by atoms with Gasteiger partial charge in [-0.25, -0.2) is 8.78 Å². The van der Waals surface area contributed by atoms with Gasteiger partial charge in [-0.2, -0.15) is 0 Å². The molecule has 4 nitrogen and oxygen atoms in total. The molecule has 0 fully saturated rings. The highest BCUT2D eigenvalue weighted by atomic mass is 79.9. The third-order valence-corrected chi connectivity index (χ3v) is 2.97. The molecule has 1 aromatic carbocycles. The number of anilines is 1. The number of carboxylic acids is 1. The number of benzene rings is 1. The van der Waals surface area contributed by atoms with Crippen molar-refractivity contribution in [3.05, 3.63) is 28.2 Å². The van der Waals surface area contributed by atoms with Gasteiger partial charge in [0.1, 0.15) is 17.0 Å². The zero-order valence-corrected chi connectivity index (χ0v) is 11.1. The SMILES string of the molecule is CC(C)(C(=O)O)C(=O)Nc1cc(F)c(Br)cc1F. The summed E-state index contributed by atoms with van der Waals surface area (Å²) in [7, 11) is 0. The first kappa shape index (κ1) is 14.6. The highest BCUT2D eigenvalue weighted by molar-refractivity contribution is 9.10. The van der Waals surface area contributed by atoms with Gasteiger partial charge in [0.15, 0.2) is 0 Å². The molecule has 0 aliphatic carbocycles. The molecule has 98 valence electrons. The van der Waals surface area contributed by atoms with Crippen molar-refractivity contribution in [2.24, 2.45) is 5.41 Å². The summed E-state index contributed by atoms with van der Waals surface area (Å²) in [4.78, 5) is 22.5. The Bertz CT molecular complexity index is 517. The van der Waals surface area contributed by atoms with Crippen LogP contribution in [0.15, 0.2) is 16.6 Å². The Kier molecular flexibility index (Phi) is 4.05. The lowest BCUT2D eigenvalue weighted by Gasteiger charge is -2.18. The van der Waals surface area contributed by atoms with Crippen molar-refractivity contribution in [3.63, 3.8) is 0 Å². The zero-order chi connectivity index (χ0) is 14.1. The zero-order valence-electron chi connectivity index (χ0n) is 9.55. The predicted molar refractivity (Wildman–Crippen MR) is 64.1 cm³/mol. The molecular formula is C11H10BrF2NO3. The van der Waals surface area contributed by atoms with Gasteiger partial charge in [0, 0.05) is 6.07 Å². The van der Waals surface area contributed by atoms with E-state index in [9.17, 15) is 18.4 Å². The summed E-state index contributed by atoms with van der Waals surface area (Å²) in [6, 6.07) is 1.62. The van der Waals surface area contributed by atoms with Crippen molar-refractivity contribution in [2.75, 3.05) is 5.32 Å². The second kappa shape index (κ2) is 5.01. The molecule has 0 aliphatic rings. The van der Waals surface area contributed by atoms with Crippen LogP contribution in [0.3, 0.4) is 0 Å². The number of rotatable bonds is 3. The Labute approximate surface area is 110 Å². The monoisotopic (exact) mass is 321 g/mol. The van der Waals surface area contributed by atoms with Gasteiger partial charge >= 0.3 is 5.97 Å². The minimum Gasteiger partial charge on any atom is -0.480 e. The van der Waals surface area contributed by atoms with Gasteiger partial charge in [-0.05, 0) is 35.8 Å². The third kappa shape index (κ3) is 2.84. The smallest absolute Gasteiger partial charge is 0.318 e. The van der Waals surface area contributed by atoms with Gasteiger partial charge in [-0.1, -0.05) is 0 Å². The largest absolute Gasteiger partial charge is 0.480 e. The molecule has 0 radical (unpaired) electrons. The summed E-state index contributed by atoms with van der Waals surface area (Å²) in [6.45, 7) is 2.33. The summed E-state index contributed by atoms with van der Waals surface area (Å²) in [5.74, 6) is -3.92. The quantitative estimate of drug-likeness (QED) is 0.664. The Morgan fingerprint density at radius 1 is 1.28 bits per heavy atom. The molecule has 2 N–H and O–H groups in total. The molecule has 1 amide bonds. The highest BCUT2D eigenvalue weighted by Crippen LogP contribution is 2.25. The van der Waals surface area contributed by atoms with E-state index in [0.717, 1.165) is 26.0 Å². The number of carbonyl (C=O) groups is 2. The van der Waals surface area contributed by atoms with Crippen molar-refractivity contribution in [1.29, 1.82) is 0 Å². The number of halogens is 3. The maximum atomic E-state index is 13.4. The first-order valence-corrected chi connectivity index (χ1v) is 5.65. The van der Waals surface area contributed by atoms with Gasteiger partial charge in [-0.15, -0.1) is 0 Å². The van der Waals surface area contributed by atoms with Crippen LogP contribution in [0, 0.1) is 17.0 Å². The van der Waals surface area contributed by atoms with Crippen molar-refractivity contribution in [3.8, 4) is 0 Å². The lowest BCUT2D eigenvalue weighted by Crippen LogP contribution is -2.38. The summed E-state index contributed by atoms with van der Waals surface area (Å²) >= 11 is 2.79. The van der Waals surface area contributed by atoms with Gasteiger partial charge in [0.2, 0.25) is 5.91 Å². The fourth-order valence-electron chi connectivity index (χ4n) is 0.994. The second-order valence-corrected chi connectivity index (χ2v) is 4.98. The van der Waals surface area contributed by atoms with E-state index >= 15 is 0 Å². The number of hydrogen-bond donors (Lipinski definition) is 2. The van der Waals surface area contributed by atoms with Crippen molar-refractivity contribution < 1.29 is 23.5 Å². The number of hydrogen-bond acceptors (Lipinski definition) is 2. The highest BCUT2D eigenvalue weighted by Gasteiger charge is 2.36. The van der Waals surface area contributed by atoms with E-state index in [2.05, 4.69) is 15.9 Å². The van der Waals surface area contributed by atoms with Gasteiger partial charge < -0.3 is 10.4 Å². The second-order valence-electron chi connectivity index (χ2n) is 4.13. The van der Waals surface area contributed by atoms with Crippen LogP contribution in [0.4, 0.5) is 14.5 Å². The normalized spacial score (nSPS) is 11.2. The molecular weight excluding hydrogens is 312 g/mol. The van der Waals surface area contributed by atoms with Crippen molar-refractivity contribution in [2.45, 2.75) is 13.8 Å². The van der Waals surface area contributed by atoms with Crippen LogP contribution in [0.2, 0.25) is 0 Å². The topological polar surface area (TPSA) is 66.4 Å². The number of amides is 1. The Morgan fingerprint density at radius 3 is 2.33 bits per heavy atom. The van der Waals surface area contributed by atoms with Crippen LogP contribution in [0.5, 0.6) is 0 Å². The molecule has 18 heavy (non-hydrogen) atoms. The molecule has 0 heterocycles. The number of carbonyl (C=O) groups excluding carboxylic acids is 1. The summed E-state index contributed by atoms with van der Waals surface area (Å²) in [5.41, 5.74) is -2.15. The molecule has 0 atom stereocenters. The molecule has 0 aliphatic heterocycles. The van der Waals surface area contributed by atoms with Crippen LogP contribution >= 0.6 is 15.9 Å². The van der Waals surface area contributed by atoms with E-state index in [-0.39, 0.29) is 4.47 Å². The van der Waals surface area contributed by atoms with Gasteiger partial charge in [0.25, 0.3) is 0 Å². The van der Waals surface area contributed by atoms with Crippen molar-refractivity contribution in [1.82, 2.24) is 0 Å². The molecule has 0 spiro atoms. The van der Waals surface area contributed by atoms with E-state index in [0.29, 0.717) is 0 Å². The average Bonchev–Trinajstić information content (AvgIpc) is 2.25. The Morgan fingerprint density at radius 2 is 1.83 bits per heavy atom. The lowest BCUT2D eigenvalue weighted by atomic mass is 9.92. The summed E-state index contributed by atoms with van der Waals surface area (Å²) in [5, 5.41) is 10.9. The van der Waals surface area contributed by atoms with E-state index in [1.165, 1.54) is 0 Å². The van der Waals surface area contributed by atoms with Crippen molar-refractivity contribution >= 4 is 33.5 Å². The molecule has 0 bridgehead atoms. The lowest BCUT2D eigenvalue weighted by molar-refractivity contribution is -0.151. The van der Waals surface area contributed by atoms with Crippen LogP contribution in [-0.4, -0.2) is 17.0 Å². The average molecular weight is 322 g/mol. The summed E-state index contributed by atoms with van der Waals surface area (Å²) in [6.07, 6.45) is 0. The molecule has 0 saturated heterocycles. The fourth-order valence-corrected chi connectivity index (χ4v) is 1.31. The first-order chi connectivity index (χ1) is 8.16. The molecule has 7 heteroatoms. The minimum atomic E-state index is -1.74. The fraction of sp³-hybridized carbons (Fsp3) is 0.273.